The van der Waals surface area contributed by atoms with Crippen molar-refractivity contribution in [3.63, 3.8) is 0 Å². The summed E-state index contributed by atoms with van der Waals surface area (Å²) in [5.41, 5.74) is 0.323. The van der Waals surface area contributed by atoms with Crippen molar-refractivity contribution in [1.29, 1.82) is 0 Å². The molecule has 0 aliphatic carbocycles. The highest BCUT2D eigenvalue weighted by Gasteiger charge is 2.13. The number of carbonyl (C=O) groups is 1. The first-order valence-electron chi connectivity index (χ1n) is 8.09. The van der Waals surface area contributed by atoms with Gasteiger partial charge in [-0.15, -0.1) is 0 Å². The van der Waals surface area contributed by atoms with Crippen molar-refractivity contribution < 1.29 is 18.3 Å². The number of hydrogen-bond donors (Lipinski definition) is 0. The van der Waals surface area contributed by atoms with E-state index in [0.29, 0.717) is 37.9 Å². The van der Waals surface area contributed by atoms with E-state index in [1.165, 1.54) is 6.07 Å². The average Bonchev–Trinajstić information content (AvgIpc) is 2.47. The summed E-state index contributed by atoms with van der Waals surface area (Å²) < 4.78 is 33.1. The third kappa shape index (κ3) is 6.12. The second kappa shape index (κ2) is 9.54. The lowest BCUT2D eigenvalue weighted by Crippen LogP contribution is -2.06. The lowest BCUT2D eigenvalue weighted by atomic mass is 10.0. The van der Waals surface area contributed by atoms with E-state index in [1.807, 2.05) is 20.8 Å². The second-order valence-electron chi connectivity index (χ2n) is 5.91. The summed E-state index contributed by atoms with van der Waals surface area (Å²) >= 11 is 0. The largest absolute Gasteiger partial charge is 0.490 e. The van der Waals surface area contributed by atoms with Crippen LogP contribution in [0.4, 0.5) is 8.78 Å². The molecule has 22 heavy (non-hydrogen) atoms. The summed E-state index contributed by atoms with van der Waals surface area (Å²) in [6, 6.07) is 2.31. The zero-order chi connectivity index (χ0) is 16.5. The molecule has 0 saturated carbocycles. The van der Waals surface area contributed by atoms with Gasteiger partial charge < -0.3 is 4.74 Å². The van der Waals surface area contributed by atoms with Gasteiger partial charge in [-0.05, 0) is 37.3 Å². The maximum Gasteiger partial charge on any atom is 0.168 e. The smallest absolute Gasteiger partial charge is 0.168 e. The van der Waals surface area contributed by atoms with Gasteiger partial charge in [-0.2, -0.15) is 0 Å². The van der Waals surface area contributed by atoms with Crippen LogP contribution in [0.25, 0.3) is 0 Å². The summed E-state index contributed by atoms with van der Waals surface area (Å²) in [4.78, 5) is 11.5. The number of Topliss-reactive ketones (excluding diaryl/α,β-unsaturated/α-hetero) is 1. The maximum atomic E-state index is 14.2. The molecule has 0 unspecified atom stereocenters. The highest BCUT2D eigenvalue weighted by atomic mass is 19.1. The van der Waals surface area contributed by atoms with E-state index in [1.54, 1.807) is 0 Å². The zero-order valence-electron chi connectivity index (χ0n) is 13.8. The summed E-state index contributed by atoms with van der Waals surface area (Å²) in [6.07, 6.45) is 4.01. The third-order valence-corrected chi connectivity index (χ3v) is 3.60. The molecule has 0 N–H and O–H groups in total. The predicted octanol–water partition coefficient (Wildman–Crippen LogP) is 5.08. The molecule has 0 bridgehead atoms. The van der Waals surface area contributed by atoms with Crippen LogP contribution in [-0.4, -0.2) is 12.4 Å². The van der Waals surface area contributed by atoms with Gasteiger partial charge in [-0.25, -0.2) is 8.78 Å². The summed E-state index contributed by atoms with van der Waals surface area (Å²) in [5, 5.41) is 0. The van der Waals surface area contributed by atoms with Crippen molar-refractivity contribution in [2.75, 3.05) is 6.61 Å². The van der Waals surface area contributed by atoms with E-state index < -0.39 is 11.6 Å². The van der Waals surface area contributed by atoms with Crippen molar-refractivity contribution in [3.8, 4) is 5.75 Å². The summed E-state index contributed by atoms with van der Waals surface area (Å²) in [5.74, 6) is -0.733. The van der Waals surface area contributed by atoms with Crippen molar-refractivity contribution >= 4 is 5.78 Å². The van der Waals surface area contributed by atoms with Gasteiger partial charge in [0.15, 0.2) is 11.6 Å². The van der Waals surface area contributed by atoms with Crippen LogP contribution in [0.5, 0.6) is 5.75 Å². The predicted molar refractivity (Wildman–Crippen MR) is 84.2 cm³/mol. The molecule has 0 saturated heterocycles. The van der Waals surface area contributed by atoms with Crippen molar-refractivity contribution in [1.82, 2.24) is 0 Å². The van der Waals surface area contributed by atoms with Crippen LogP contribution in [0.3, 0.4) is 0 Å². The molecular weight excluding hydrogens is 286 g/mol. The number of ketones is 1. The minimum absolute atomic E-state index is 0.0123. The normalized spacial score (nSPS) is 11.0. The van der Waals surface area contributed by atoms with Gasteiger partial charge >= 0.3 is 0 Å². The molecule has 0 aliphatic rings. The lowest BCUT2D eigenvalue weighted by molar-refractivity contribution is -0.122. The fourth-order valence-electron chi connectivity index (χ4n) is 2.14. The topological polar surface area (TPSA) is 26.3 Å². The van der Waals surface area contributed by atoms with Crippen LogP contribution in [0, 0.1) is 17.6 Å². The number of carbonyl (C=O) groups excluding carboxylic acids is 1. The Labute approximate surface area is 131 Å². The average molecular weight is 312 g/mol. The molecule has 0 atom stereocenters. The van der Waals surface area contributed by atoms with Crippen molar-refractivity contribution in [2.45, 2.75) is 59.3 Å². The quantitative estimate of drug-likeness (QED) is 0.563. The molecule has 0 amide bonds. The van der Waals surface area contributed by atoms with Gasteiger partial charge in [0, 0.05) is 18.4 Å². The zero-order valence-corrected chi connectivity index (χ0v) is 13.8. The SMILES string of the molecule is CCCCOc1cc(F)cc(CCCCC(=O)C(C)C)c1F. The Hall–Kier alpha value is -1.45. The number of rotatable bonds is 10. The Balaban J connectivity index is 2.57. The highest BCUT2D eigenvalue weighted by Crippen LogP contribution is 2.24. The van der Waals surface area contributed by atoms with E-state index in [-0.39, 0.29) is 17.5 Å². The minimum Gasteiger partial charge on any atom is -0.490 e. The Morgan fingerprint density at radius 1 is 1.18 bits per heavy atom. The first kappa shape index (κ1) is 18.6. The molecular formula is C18H26F2O2. The fraction of sp³-hybridized carbons (Fsp3) is 0.611. The van der Waals surface area contributed by atoms with Crippen molar-refractivity contribution in [2.24, 2.45) is 5.92 Å². The number of benzene rings is 1. The summed E-state index contributed by atoms with van der Waals surface area (Å²) in [6.45, 7) is 6.14. The molecule has 124 valence electrons. The standard InChI is InChI=1S/C18H26F2O2/c1-4-5-10-22-17-12-15(19)11-14(18(17)20)8-6-7-9-16(21)13(2)3/h11-13H,4-10H2,1-3H3. The Kier molecular flexibility index (Phi) is 8.07. The first-order chi connectivity index (χ1) is 10.5. The monoisotopic (exact) mass is 312 g/mol. The molecule has 0 aromatic heterocycles. The van der Waals surface area contributed by atoms with Crippen LogP contribution in [-0.2, 0) is 11.2 Å². The van der Waals surface area contributed by atoms with Crippen LogP contribution in [0.15, 0.2) is 12.1 Å². The number of ether oxygens (including phenoxy) is 1. The molecule has 0 spiro atoms. The number of hydrogen-bond acceptors (Lipinski definition) is 2. The van der Waals surface area contributed by atoms with E-state index in [0.717, 1.165) is 18.9 Å². The Morgan fingerprint density at radius 3 is 2.55 bits per heavy atom. The number of unbranched alkanes of at least 4 members (excludes halogenated alkanes) is 2. The first-order valence-corrected chi connectivity index (χ1v) is 8.09. The molecule has 0 aliphatic heterocycles. The second-order valence-corrected chi connectivity index (χ2v) is 5.91. The Bertz CT molecular complexity index is 484. The Morgan fingerprint density at radius 2 is 1.91 bits per heavy atom. The molecule has 1 rings (SSSR count). The van der Waals surface area contributed by atoms with Gasteiger partial charge in [0.1, 0.15) is 11.6 Å². The molecule has 0 radical (unpaired) electrons. The lowest BCUT2D eigenvalue weighted by Gasteiger charge is -2.11. The molecule has 2 nitrogen and oxygen atoms in total. The summed E-state index contributed by atoms with van der Waals surface area (Å²) in [7, 11) is 0. The van der Waals surface area contributed by atoms with Gasteiger partial charge in [0.05, 0.1) is 6.61 Å². The third-order valence-electron chi connectivity index (χ3n) is 3.60. The van der Waals surface area contributed by atoms with Gasteiger partial charge in [0.25, 0.3) is 0 Å². The minimum atomic E-state index is -0.485. The van der Waals surface area contributed by atoms with Crippen LogP contribution in [0.2, 0.25) is 0 Å². The molecule has 4 heteroatoms. The highest BCUT2D eigenvalue weighted by molar-refractivity contribution is 5.80. The van der Waals surface area contributed by atoms with Gasteiger partial charge in [-0.1, -0.05) is 27.2 Å². The van der Waals surface area contributed by atoms with E-state index in [4.69, 9.17) is 4.74 Å². The van der Waals surface area contributed by atoms with E-state index in [2.05, 4.69) is 0 Å². The van der Waals surface area contributed by atoms with Gasteiger partial charge in [0.2, 0.25) is 0 Å². The fourth-order valence-corrected chi connectivity index (χ4v) is 2.14. The van der Waals surface area contributed by atoms with Crippen LogP contribution in [0.1, 0.15) is 58.4 Å². The molecule has 1 aromatic rings. The molecule has 0 fully saturated rings. The van der Waals surface area contributed by atoms with E-state index in [9.17, 15) is 13.6 Å². The van der Waals surface area contributed by atoms with E-state index >= 15 is 0 Å². The van der Waals surface area contributed by atoms with Gasteiger partial charge in [-0.3, -0.25) is 4.79 Å². The maximum absolute atomic E-state index is 14.2. The number of halogens is 2. The molecule has 1 aromatic carbocycles. The van der Waals surface area contributed by atoms with Crippen molar-refractivity contribution in [3.05, 3.63) is 29.3 Å². The molecule has 0 heterocycles. The number of aryl methyl sites for hydroxylation is 1. The van der Waals surface area contributed by atoms with Crippen LogP contribution >= 0.6 is 0 Å². The van der Waals surface area contributed by atoms with Crippen LogP contribution < -0.4 is 4.74 Å².